The third kappa shape index (κ3) is 3.30. The molecule has 0 saturated carbocycles. The predicted octanol–water partition coefficient (Wildman–Crippen LogP) is 4.08. The minimum absolute atomic E-state index is 0.0411. The van der Waals surface area contributed by atoms with E-state index < -0.39 is 0 Å². The number of carbonyl (C=O) groups excluding carboxylic acids is 1. The zero-order valence-electron chi connectivity index (χ0n) is 15.5. The molecule has 2 aromatic heterocycles. The minimum Gasteiger partial charge on any atom is -0.463 e. The Morgan fingerprint density at radius 2 is 2.04 bits per heavy atom. The summed E-state index contributed by atoms with van der Waals surface area (Å²) in [5, 5.41) is 8.38. The Kier molecular flexibility index (Phi) is 4.58. The Morgan fingerprint density at radius 3 is 2.82 bits per heavy atom. The van der Waals surface area contributed by atoms with Crippen molar-refractivity contribution in [3.63, 3.8) is 0 Å². The molecular weight excluding hydrogens is 370 g/mol. The van der Waals surface area contributed by atoms with Crippen LogP contribution in [-0.2, 0) is 17.8 Å². The first-order chi connectivity index (χ1) is 13.8. The Hall–Kier alpha value is -2.70. The summed E-state index contributed by atoms with van der Waals surface area (Å²) in [6.45, 7) is 2.09. The van der Waals surface area contributed by atoms with E-state index in [1.54, 1.807) is 22.6 Å². The highest BCUT2D eigenvalue weighted by molar-refractivity contribution is 7.10. The molecule has 0 saturated heterocycles. The smallest absolute Gasteiger partial charge is 0.257 e. The fraction of sp³-hybridized carbons (Fsp3) is 0.273. The van der Waals surface area contributed by atoms with Gasteiger partial charge < -0.3 is 4.42 Å². The third-order valence-corrected chi connectivity index (χ3v) is 6.39. The SMILES string of the molecule is O=C(CN1CCc2ccccc2C1)N1N=C(c2ccco2)C[C@@H]1c1cccs1. The fourth-order valence-corrected chi connectivity index (χ4v) is 4.80. The van der Waals surface area contributed by atoms with Crippen molar-refractivity contribution in [2.24, 2.45) is 5.10 Å². The molecule has 3 aromatic rings. The number of carbonyl (C=O) groups is 1. The van der Waals surface area contributed by atoms with Crippen molar-refractivity contribution < 1.29 is 9.21 Å². The molecule has 0 fully saturated rings. The van der Waals surface area contributed by atoms with Crippen LogP contribution in [0.3, 0.4) is 0 Å². The Morgan fingerprint density at radius 1 is 1.14 bits per heavy atom. The number of amides is 1. The van der Waals surface area contributed by atoms with E-state index in [0.717, 1.165) is 35.9 Å². The van der Waals surface area contributed by atoms with Crippen LogP contribution in [0.5, 0.6) is 0 Å². The molecule has 0 N–H and O–H groups in total. The van der Waals surface area contributed by atoms with Gasteiger partial charge in [0.1, 0.15) is 11.5 Å². The molecule has 5 nitrogen and oxygen atoms in total. The van der Waals surface area contributed by atoms with Crippen LogP contribution in [-0.4, -0.2) is 34.6 Å². The van der Waals surface area contributed by atoms with Gasteiger partial charge in [-0.05, 0) is 41.1 Å². The lowest BCUT2D eigenvalue weighted by Crippen LogP contribution is -2.40. The lowest BCUT2D eigenvalue weighted by Gasteiger charge is -2.30. The third-order valence-electron chi connectivity index (χ3n) is 5.41. The number of hydrazone groups is 1. The molecule has 0 spiro atoms. The monoisotopic (exact) mass is 391 g/mol. The molecule has 1 atom stereocenters. The summed E-state index contributed by atoms with van der Waals surface area (Å²) in [6.07, 6.45) is 3.31. The predicted molar refractivity (Wildman–Crippen MR) is 109 cm³/mol. The molecule has 1 aromatic carbocycles. The van der Waals surface area contributed by atoms with Crippen LogP contribution >= 0.6 is 11.3 Å². The van der Waals surface area contributed by atoms with Gasteiger partial charge in [0.2, 0.25) is 0 Å². The molecule has 142 valence electrons. The number of furan rings is 1. The zero-order chi connectivity index (χ0) is 18.9. The molecule has 0 aliphatic carbocycles. The molecule has 28 heavy (non-hydrogen) atoms. The quantitative estimate of drug-likeness (QED) is 0.673. The molecule has 6 heteroatoms. The van der Waals surface area contributed by atoms with Crippen molar-refractivity contribution in [1.29, 1.82) is 0 Å². The molecule has 4 heterocycles. The van der Waals surface area contributed by atoms with Gasteiger partial charge in [-0.2, -0.15) is 5.10 Å². The lowest BCUT2D eigenvalue weighted by atomic mass is 10.00. The average Bonchev–Trinajstić information content (AvgIpc) is 3.48. The van der Waals surface area contributed by atoms with Crippen LogP contribution in [0.25, 0.3) is 0 Å². The zero-order valence-corrected chi connectivity index (χ0v) is 16.3. The number of rotatable bonds is 4. The van der Waals surface area contributed by atoms with Crippen LogP contribution in [0.15, 0.2) is 69.7 Å². The summed E-state index contributed by atoms with van der Waals surface area (Å²) < 4.78 is 5.52. The van der Waals surface area contributed by atoms with Crippen molar-refractivity contribution in [2.75, 3.05) is 13.1 Å². The van der Waals surface area contributed by atoms with Crippen LogP contribution in [0.4, 0.5) is 0 Å². The maximum atomic E-state index is 13.2. The highest BCUT2D eigenvalue weighted by Crippen LogP contribution is 2.35. The van der Waals surface area contributed by atoms with E-state index in [2.05, 4.69) is 40.3 Å². The van der Waals surface area contributed by atoms with Crippen LogP contribution < -0.4 is 0 Å². The first kappa shape index (κ1) is 17.4. The molecule has 2 aliphatic rings. The van der Waals surface area contributed by atoms with E-state index >= 15 is 0 Å². The lowest BCUT2D eigenvalue weighted by molar-refractivity contribution is -0.134. The highest BCUT2D eigenvalue weighted by atomic mass is 32.1. The van der Waals surface area contributed by atoms with Crippen molar-refractivity contribution in [3.8, 4) is 0 Å². The van der Waals surface area contributed by atoms with E-state index in [0.29, 0.717) is 13.0 Å². The fourth-order valence-electron chi connectivity index (χ4n) is 3.99. The molecule has 0 radical (unpaired) electrons. The van der Waals surface area contributed by atoms with Gasteiger partial charge in [-0.15, -0.1) is 11.3 Å². The summed E-state index contributed by atoms with van der Waals surface area (Å²) in [6, 6.07) is 16.3. The van der Waals surface area contributed by atoms with Gasteiger partial charge in [-0.1, -0.05) is 30.3 Å². The topological polar surface area (TPSA) is 49.1 Å². The average molecular weight is 391 g/mol. The van der Waals surface area contributed by atoms with E-state index in [4.69, 9.17) is 4.42 Å². The van der Waals surface area contributed by atoms with Gasteiger partial charge in [0, 0.05) is 24.4 Å². The number of nitrogens with zero attached hydrogens (tertiary/aromatic N) is 3. The van der Waals surface area contributed by atoms with Crippen LogP contribution in [0.1, 0.15) is 34.2 Å². The summed E-state index contributed by atoms with van der Waals surface area (Å²) >= 11 is 1.67. The number of fused-ring (bicyclic) bond motifs is 1. The van der Waals surface area contributed by atoms with Crippen molar-refractivity contribution in [2.45, 2.75) is 25.4 Å². The second kappa shape index (κ2) is 7.37. The largest absolute Gasteiger partial charge is 0.463 e. The molecule has 0 bridgehead atoms. The molecule has 5 rings (SSSR count). The van der Waals surface area contributed by atoms with Gasteiger partial charge in [0.05, 0.1) is 18.8 Å². The summed E-state index contributed by atoms with van der Waals surface area (Å²) in [5.41, 5.74) is 3.54. The number of hydrogen-bond donors (Lipinski definition) is 0. The van der Waals surface area contributed by atoms with Gasteiger partial charge >= 0.3 is 0 Å². The van der Waals surface area contributed by atoms with E-state index in [9.17, 15) is 4.79 Å². The first-order valence-electron chi connectivity index (χ1n) is 9.54. The van der Waals surface area contributed by atoms with Gasteiger partial charge in [-0.3, -0.25) is 9.69 Å². The molecular formula is C22H21N3O2S. The minimum atomic E-state index is -0.0512. The van der Waals surface area contributed by atoms with Crippen molar-refractivity contribution >= 4 is 23.0 Å². The molecule has 1 amide bonds. The van der Waals surface area contributed by atoms with Crippen molar-refractivity contribution in [3.05, 3.63) is 81.9 Å². The number of thiophene rings is 1. The molecule has 2 aliphatic heterocycles. The normalized spacial score (nSPS) is 19.5. The van der Waals surface area contributed by atoms with Crippen LogP contribution in [0.2, 0.25) is 0 Å². The van der Waals surface area contributed by atoms with E-state index in [1.165, 1.54) is 11.1 Å². The Labute approximate surface area is 167 Å². The van der Waals surface area contributed by atoms with Gasteiger partial charge in [0.25, 0.3) is 5.91 Å². The summed E-state index contributed by atoms with van der Waals surface area (Å²) in [5.74, 6) is 0.781. The second-order valence-electron chi connectivity index (χ2n) is 7.23. The standard InChI is InChI=1S/C22H21N3O2S/c26-22(15-24-10-9-16-5-1-2-6-17(16)14-24)25-19(21-8-4-12-28-21)13-18(23-25)20-7-3-11-27-20/h1-8,11-12,19H,9-10,13-15H2/t19-/m1/s1. The number of benzene rings is 1. The van der Waals surface area contributed by atoms with E-state index in [-0.39, 0.29) is 11.9 Å². The maximum Gasteiger partial charge on any atom is 0.257 e. The second-order valence-corrected chi connectivity index (χ2v) is 8.21. The Bertz CT molecular complexity index is 995. The summed E-state index contributed by atoms with van der Waals surface area (Å²) in [7, 11) is 0. The highest BCUT2D eigenvalue weighted by Gasteiger charge is 2.35. The summed E-state index contributed by atoms with van der Waals surface area (Å²) in [4.78, 5) is 16.6. The van der Waals surface area contributed by atoms with E-state index in [1.807, 2.05) is 23.6 Å². The maximum absolute atomic E-state index is 13.2. The first-order valence-corrected chi connectivity index (χ1v) is 10.4. The molecule has 0 unspecified atom stereocenters. The van der Waals surface area contributed by atoms with Gasteiger partial charge in [0.15, 0.2) is 0 Å². The Balaban J connectivity index is 1.36. The van der Waals surface area contributed by atoms with Crippen molar-refractivity contribution in [1.82, 2.24) is 9.91 Å². The number of hydrogen-bond acceptors (Lipinski definition) is 5. The van der Waals surface area contributed by atoms with Gasteiger partial charge in [-0.25, -0.2) is 5.01 Å². The van der Waals surface area contributed by atoms with Crippen LogP contribution in [0, 0.1) is 0 Å².